The van der Waals surface area contributed by atoms with E-state index >= 15 is 0 Å². The van der Waals surface area contributed by atoms with Gasteiger partial charge in [0.25, 0.3) is 0 Å². The maximum Gasteiger partial charge on any atom is 0.0956 e. The van der Waals surface area contributed by atoms with Crippen LogP contribution in [0.1, 0.15) is 30.9 Å². The summed E-state index contributed by atoms with van der Waals surface area (Å²) >= 11 is 0. The average Bonchev–Trinajstić information content (AvgIpc) is 2.97. The Morgan fingerprint density at radius 2 is 2.11 bits per heavy atom. The molecule has 2 fully saturated rings. The van der Waals surface area contributed by atoms with E-state index in [-0.39, 0.29) is 6.10 Å². The quantitative estimate of drug-likeness (QED) is 0.847. The molecule has 2 aliphatic carbocycles. The molecule has 2 heterocycles. The molecule has 0 unspecified atom stereocenters. The van der Waals surface area contributed by atoms with E-state index in [1.165, 1.54) is 29.7 Å². The first-order chi connectivity index (χ1) is 9.30. The zero-order chi connectivity index (χ0) is 12.6. The molecule has 3 heteroatoms. The van der Waals surface area contributed by atoms with Gasteiger partial charge >= 0.3 is 0 Å². The van der Waals surface area contributed by atoms with E-state index in [0.717, 1.165) is 6.42 Å². The second kappa shape index (κ2) is 3.10. The minimum Gasteiger partial charge on any atom is -0.393 e. The van der Waals surface area contributed by atoms with Crippen molar-refractivity contribution >= 4 is 0 Å². The molecule has 2 aromatic rings. The second-order valence-corrected chi connectivity index (χ2v) is 6.38. The van der Waals surface area contributed by atoms with Gasteiger partial charge in [-0.2, -0.15) is 0 Å². The summed E-state index contributed by atoms with van der Waals surface area (Å²) in [5.74, 6) is 0.379. The summed E-state index contributed by atoms with van der Waals surface area (Å²) in [6.07, 6.45) is 7.31. The predicted molar refractivity (Wildman–Crippen MR) is 71.6 cm³/mol. The van der Waals surface area contributed by atoms with Crippen molar-refractivity contribution in [1.82, 2.24) is 9.55 Å². The van der Waals surface area contributed by atoms with E-state index in [9.17, 15) is 5.11 Å². The molecule has 1 aromatic carbocycles. The Bertz CT molecular complexity index is 671. The summed E-state index contributed by atoms with van der Waals surface area (Å²) in [6, 6.07) is 8.88. The lowest BCUT2D eigenvalue weighted by Crippen LogP contribution is -2.47. The van der Waals surface area contributed by atoms with Gasteiger partial charge in [-0.3, -0.25) is 0 Å². The second-order valence-electron chi connectivity index (χ2n) is 6.38. The molecule has 0 bridgehead atoms. The van der Waals surface area contributed by atoms with Gasteiger partial charge in [0.1, 0.15) is 0 Å². The smallest absolute Gasteiger partial charge is 0.0956 e. The fraction of sp³-hybridized carbons (Fsp3) is 0.438. The third-order valence-electron chi connectivity index (χ3n) is 5.49. The lowest BCUT2D eigenvalue weighted by molar-refractivity contribution is -0.0677. The van der Waals surface area contributed by atoms with Crippen LogP contribution in [0.5, 0.6) is 0 Å². The number of rotatable bonds is 1. The van der Waals surface area contributed by atoms with E-state index in [0.29, 0.717) is 17.4 Å². The summed E-state index contributed by atoms with van der Waals surface area (Å²) in [4.78, 5) is 4.31. The first-order valence-electron chi connectivity index (χ1n) is 7.09. The summed E-state index contributed by atoms with van der Waals surface area (Å²) in [5, 5.41) is 10.3. The van der Waals surface area contributed by atoms with Gasteiger partial charge in [-0.1, -0.05) is 24.3 Å². The van der Waals surface area contributed by atoms with Gasteiger partial charge in [0.05, 0.1) is 30.4 Å². The summed E-state index contributed by atoms with van der Waals surface area (Å²) in [7, 11) is 0. The lowest BCUT2D eigenvalue weighted by Gasteiger charge is -2.46. The van der Waals surface area contributed by atoms with Crippen LogP contribution in [0, 0.1) is 11.3 Å². The Morgan fingerprint density at radius 3 is 2.89 bits per heavy atom. The van der Waals surface area contributed by atoms with Crippen LogP contribution in [0.25, 0.3) is 11.3 Å². The highest BCUT2D eigenvalue weighted by atomic mass is 16.3. The van der Waals surface area contributed by atoms with Crippen molar-refractivity contribution in [2.45, 2.75) is 31.4 Å². The fourth-order valence-corrected chi connectivity index (χ4v) is 4.41. The van der Waals surface area contributed by atoms with Crippen molar-refractivity contribution in [3.63, 3.8) is 0 Å². The van der Waals surface area contributed by atoms with Crippen LogP contribution >= 0.6 is 0 Å². The molecular formula is C16H16N2O. The van der Waals surface area contributed by atoms with Gasteiger partial charge in [0.15, 0.2) is 0 Å². The van der Waals surface area contributed by atoms with Crippen LogP contribution in [0.3, 0.4) is 0 Å². The Balaban J connectivity index is 1.71. The van der Waals surface area contributed by atoms with Crippen molar-refractivity contribution in [3.05, 3.63) is 42.4 Å². The van der Waals surface area contributed by atoms with Crippen molar-refractivity contribution in [2.24, 2.45) is 11.3 Å². The molecule has 0 amide bonds. The number of aliphatic hydroxyl groups excluding tert-OH is 1. The number of aliphatic hydroxyl groups is 1. The number of hydrogen-bond acceptors (Lipinski definition) is 2. The first-order valence-corrected chi connectivity index (χ1v) is 7.09. The Labute approximate surface area is 111 Å². The van der Waals surface area contributed by atoms with Gasteiger partial charge < -0.3 is 9.67 Å². The normalized spacial score (nSPS) is 32.8. The number of benzene rings is 1. The molecule has 2 saturated carbocycles. The van der Waals surface area contributed by atoms with Crippen molar-refractivity contribution in [2.75, 3.05) is 0 Å². The highest BCUT2D eigenvalue weighted by molar-refractivity contribution is 5.69. The summed E-state index contributed by atoms with van der Waals surface area (Å²) < 4.78 is 2.28. The molecule has 0 radical (unpaired) electrons. The Morgan fingerprint density at radius 1 is 1.26 bits per heavy atom. The molecular weight excluding hydrogens is 236 g/mol. The molecule has 1 aliphatic heterocycles. The van der Waals surface area contributed by atoms with Crippen LogP contribution in [-0.2, 0) is 0 Å². The molecule has 3 nitrogen and oxygen atoms in total. The predicted octanol–water partition coefficient (Wildman–Crippen LogP) is 2.61. The molecule has 96 valence electrons. The molecule has 19 heavy (non-hydrogen) atoms. The molecule has 0 saturated heterocycles. The topological polar surface area (TPSA) is 38.1 Å². The minimum absolute atomic E-state index is 0.145. The van der Waals surface area contributed by atoms with Crippen molar-refractivity contribution < 1.29 is 5.11 Å². The molecule has 1 spiro atoms. The monoisotopic (exact) mass is 252 g/mol. The lowest BCUT2D eigenvalue weighted by atomic mass is 9.63. The van der Waals surface area contributed by atoms with Crippen molar-refractivity contribution in [1.29, 1.82) is 0 Å². The first kappa shape index (κ1) is 10.2. The molecule has 1 N–H and O–H groups in total. The number of aromatic nitrogens is 2. The third kappa shape index (κ3) is 1.11. The van der Waals surface area contributed by atoms with Crippen LogP contribution in [0.4, 0.5) is 0 Å². The van der Waals surface area contributed by atoms with Crippen molar-refractivity contribution in [3.8, 4) is 11.3 Å². The van der Waals surface area contributed by atoms with Crippen LogP contribution in [0.2, 0.25) is 0 Å². The van der Waals surface area contributed by atoms with E-state index in [2.05, 4.69) is 33.8 Å². The maximum atomic E-state index is 10.3. The summed E-state index contributed by atoms with van der Waals surface area (Å²) in [6.45, 7) is 0. The molecule has 5 rings (SSSR count). The SMILES string of the molecule is O[C@@H]1CC2(CC2)[C@H]1[C@@H]1c2ccccc2-c2cncn21. The largest absolute Gasteiger partial charge is 0.393 e. The van der Waals surface area contributed by atoms with Gasteiger partial charge in [-0.05, 0) is 30.2 Å². The minimum atomic E-state index is -0.145. The summed E-state index contributed by atoms with van der Waals surface area (Å²) in [5.41, 5.74) is 4.30. The van der Waals surface area contributed by atoms with Gasteiger partial charge in [-0.25, -0.2) is 4.98 Å². The standard InChI is InChI=1S/C16H16N2O/c19-13-7-16(5-6-16)14(13)15-11-4-2-1-3-10(11)12-8-17-9-18(12)15/h1-4,8-9,13-15,19H,5-7H2/t13-,14-,15+/m1/s1. The fourth-order valence-electron chi connectivity index (χ4n) is 4.41. The molecule has 3 aliphatic rings. The number of fused-ring (bicyclic) bond motifs is 3. The highest BCUT2D eigenvalue weighted by Gasteiger charge is 2.64. The highest BCUT2D eigenvalue weighted by Crippen LogP contribution is 2.69. The Hall–Kier alpha value is -1.61. The van der Waals surface area contributed by atoms with E-state index in [4.69, 9.17) is 0 Å². The number of nitrogens with zero attached hydrogens (tertiary/aromatic N) is 2. The number of hydrogen-bond donors (Lipinski definition) is 1. The zero-order valence-corrected chi connectivity index (χ0v) is 10.7. The molecule has 3 atom stereocenters. The van der Waals surface area contributed by atoms with Gasteiger partial charge in [0.2, 0.25) is 0 Å². The average molecular weight is 252 g/mol. The van der Waals surface area contributed by atoms with Gasteiger partial charge in [-0.15, -0.1) is 0 Å². The Kier molecular flexibility index (Phi) is 1.67. The van der Waals surface area contributed by atoms with Crippen LogP contribution < -0.4 is 0 Å². The van der Waals surface area contributed by atoms with E-state index in [1.54, 1.807) is 0 Å². The zero-order valence-electron chi connectivity index (χ0n) is 10.7. The maximum absolute atomic E-state index is 10.3. The van der Waals surface area contributed by atoms with E-state index in [1.807, 2.05) is 12.5 Å². The van der Waals surface area contributed by atoms with Crippen LogP contribution in [0.15, 0.2) is 36.8 Å². The van der Waals surface area contributed by atoms with Gasteiger partial charge in [0, 0.05) is 11.5 Å². The van der Waals surface area contributed by atoms with E-state index < -0.39 is 0 Å². The number of imidazole rings is 1. The molecule has 1 aromatic heterocycles. The third-order valence-corrected chi connectivity index (χ3v) is 5.49. The van der Waals surface area contributed by atoms with Crippen LogP contribution in [-0.4, -0.2) is 20.8 Å².